The minimum atomic E-state index is 0.853. The third kappa shape index (κ3) is 5.43. The molecular formula is C5H3BrINZn. The van der Waals surface area contributed by atoms with E-state index in [0.29, 0.717) is 0 Å². The molecule has 0 aliphatic rings. The molecule has 0 fully saturated rings. The van der Waals surface area contributed by atoms with Crippen molar-refractivity contribution in [1.29, 1.82) is 0 Å². The van der Waals surface area contributed by atoms with E-state index in [4.69, 9.17) is 0 Å². The van der Waals surface area contributed by atoms with Crippen LogP contribution < -0.4 is 0 Å². The van der Waals surface area contributed by atoms with Gasteiger partial charge in [-0.15, -0.1) is 0 Å². The van der Waals surface area contributed by atoms with E-state index >= 15 is 0 Å². The second-order valence-corrected chi connectivity index (χ2v) is 1.89. The van der Waals surface area contributed by atoms with Crippen molar-refractivity contribution in [2.24, 2.45) is 0 Å². The molecule has 0 saturated heterocycles. The molecule has 4 heteroatoms. The molecule has 1 heterocycles. The number of aromatic nitrogens is 1. The van der Waals surface area contributed by atoms with Gasteiger partial charge in [0.05, 0.1) is 0 Å². The molecule has 1 rings (SSSR count). The summed E-state index contributed by atoms with van der Waals surface area (Å²) in [5.74, 6) is 0. The van der Waals surface area contributed by atoms with Gasteiger partial charge >= 0.3 is 34.5 Å². The van der Waals surface area contributed by atoms with Crippen LogP contribution in [-0.4, -0.2) is 4.98 Å². The van der Waals surface area contributed by atoms with Crippen LogP contribution in [0.4, 0.5) is 0 Å². The molecule has 0 aliphatic heterocycles. The van der Waals surface area contributed by atoms with Crippen LogP contribution in [0, 0.1) is 6.07 Å². The first kappa shape index (κ1) is 9.98. The molecule has 44 valence electrons. The van der Waals surface area contributed by atoms with Crippen molar-refractivity contribution >= 4 is 35.7 Å². The Morgan fingerprint density at radius 2 is 2.33 bits per heavy atom. The molecule has 1 aromatic heterocycles. The summed E-state index contributed by atoms with van der Waals surface area (Å²) in [5.41, 5.74) is 0. The van der Waals surface area contributed by atoms with Crippen LogP contribution in [0.3, 0.4) is 0 Å². The molecule has 0 spiro atoms. The molecule has 1 nitrogen and oxygen atoms in total. The van der Waals surface area contributed by atoms with Gasteiger partial charge < -0.3 is 0 Å². The maximum atomic E-state index is 3.84. The average molecular weight is 349 g/mol. The van der Waals surface area contributed by atoms with Gasteiger partial charge in [-0.25, -0.2) is 12.1 Å². The van der Waals surface area contributed by atoms with Gasteiger partial charge in [0.15, 0.2) is 0 Å². The van der Waals surface area contributed by atoms with Gasteiger partial charge in [-0.1, -0.05) is 22.1 Å². The summed E-state index contributed by atoms with van der Waals surface area (Å²) in [4.78, 5) is 3.84. The van der Waals surface area contributed by atoms with Crippen molar-refractivity contribution in [3.05, 3.63) is 29.0 Å². The molecule has 0 saturated carbocycles. The first-order valence-electron chi connectivity index (χ1n) is 2.14. The molecule has 0 radical (unpaired) electrons. The fraction of sp³-hybridized carbons (Fsp3) is 0. The fourth-order valence-corrected chi connectivity index (χ4v) is 0.536. The van der Waals surface area contributed by atoms with E-state index in [-0.39, 0.29) is 0 Å². The number of pyridine rings is 1. The first-order chi connectivity index (χ1) is 4.39. The summed E-state index contributed by atoms with van der Waals surface area (Å²) in [6.45, 7) is 0. The Labute approximate surface area is 83.6 Å². The van der Waals surface area contributed by atoms with Gasteiger partial charge in [0, 0.05) is 4.60 Å². The second kappa shape index (κ2) is 7.09. The van der Waals surface area contributed by atoms with E-state index in [1.165, 1.54) is 14.8 Å². The summed E-state index contributed by atoms with van der Waals surface area (Å²) < 4.78 is 0.853. The SMILES string of the molecule is Brc1cc[c-]cn1.[Zn+][I]. The maximum absolute atomic E-state index is 3.84. The van der Waals surface area contributed by atoms with Crippen LogP contribution in [0.1, 0.15) is 0 Å². The Bertz CT molecular complexity index is 147. The zero-order valence-corrected chi connectivity index (χ0v) is 11.4. The number of rotatable bonds is 0. The van der Waals surface area contributed by atoms with Crippen molar-refractivity contribution in [3.8, 4) is 0 Å². The first-order valence-corrected chi connectivity index (χ1v) is 12.0. The van der Waals surface area contributed by atoms with Crippen LogP contribution in [0.25, 0.3) is 0 Å². The summed E-state index contributed by atoms with van der Waals surface area (Å²) >= 11 is 6.80. The Balaban J connectivity index is 0.000000291. The van der Waals surface area contributed by atoms with Crippen molar-refractivity contribution in [2.45, 2.75) is 0 Å². The standard InChI is InChI=1S/C5H3BrN.HI.Zn/c6-5-3-1-2-4-7-5;;/h1,3-4H;1H;/q-1;;+2/p-1. The zero-order valence-electron chi connectivity index (χ0n) is 4.64. The van der Waals surface area contributed by atoms with E-state index in [0.717, 1.165) is 4.60 Å². The van der Waals surface area contributed by atoms with Crippen molar-refractivity contribution in [1.82, 2.24) is 4.98 Å². The van der Waals surface area contributed by atoms with Crippen LogP contribution in [0.5, 0.6) is 0 Å². The zero-order chi connectivity index (χ0) is 7.11. The summed E-state index contributed by atoms with van der Waals surface area (Å²) in [6, 6.07) is 6.43. The predicted molar refractivity (Wildman–Crippen MR) is 44.8 cm³/mol. The molecule has 0 N–H and O–H groups in total. The molecule has 0 aromatic carbocycles. The van der Waals surface area contributed by atoms with Crippen molar-refractivity contribution in [3.63, 3.8) is 0 Å². The molecule has 0 unspecified atom stereocenters. The van der Waals surface area contributed by atoms with E-state index in [2.05, 4.69) is 46.7 Å². The van der Waals surface area contributed by atoms with E-state index in [1.54, 1.807) is 12.3 Å². The second-order valence-electron chi connectivity index (χ2n) is 1.08. The quantitative estimate of drug-likeness (QED) is 0.304. The average Bonchev–Trinajstić information content (AvgIpc) is 1.94. The Morgan fingerprint density at radius 3 is 2.56 bits per heavy atom. The number of hydrogen-bond acceptors (Lipinski definition) is 1. The van der Waals surface area contributed by atoms with Gasteiger partial charge in [-0.2, -0.15) is 6.07 Å². The number of halogens is 2. The molecule has 1 aromatic rings. The van der Waals surface area contributed by atoms with Crippen LogP contribution >= 0.6 is 35.7 Å². The van der Waals surface area contributed by atoms with Crippen LogP contribution in [0.15, 0.2) is 22.9 Å². The summed E-state index contributed by atoms with van der Waals surface area (Å²) in [7, 11) is 0. The Morgan fingerprint density at radius 1 is 1.67 bits per heavy atom. The van der Waals surface area contributed by atoms with Crippen molar-refractivity contribution < 1.29 is 14.8 Å². The number of nitrogens with zero attached hydrogens (tertiary/aromatic N) is 1. The van der Waals surface area contributed by atoms with E-state index in [1.807, 2.05) is 6.07 Å². The van der Waals surface area contributed by atoms with Gasteiger partial charge in [-0.05, 0) is 0 Å². The Hall–Kier alpha value is 0.983. The normalized spacial score (nSPS) is 7.56. The molecular weight excluding hydrogens is 346 g/mol. The topological polar surface area (TPSA) is 12.9 Å². The molecule has 0 aliphatic carbocycles. The molecule has 0 bridgehead atoms. The molecule has 9 heavy (non-hydrogen) atoms. The van der Waals surface area contributed by atoms with E-state index in [9.17, 15) is 0 Å². The van der Waals surface area contributed by atoms with Gasteiger partial charge in [0.1, 0.15) is 0 Å². The predicted octanol–water partition coefficient (Wildman–Crippen LogP) is 2.53. The minimum absolute atomic E-state index is 0.853. The summed E-state index contributed by atoms with van der Waals surface area (Å²) in [5, 5.41) is 0. The van der Waals surface area contributed by atoms with Gasteiger partial charge in [-0.3, -0.25) is 4.98 Å². The Kier molecular flexibility index (Phi) is 7.87. The fourth-order valence-electron chi connectivity index (χ4n) is 0.302. The van der Waals surface area contributed by atoms with Crippen molar-refractivity contribution in [2.75, 3.05) is 0 Å². The molecule has 0 atom stereocenters. The third-order valence-electron chi connectivity index (χ3n) is 0.580. The van der Waals surface area contributed by atoms with Gasteiger partial charge in [0.2, 0.25) is 0 Å². The molecule has 0 amide bonds. The van der Waals surface area contributed by atoms with E-state index < -0.39 is 0 Å². The number of hydrogen-bond donors (Lipinski definition) is 0. The summed E-state index contributed by atoms with van der Waals surface area (Å²) in [6.07, 6.45) is 1.62. The monoisotopic (exact) mass is 347 g/mol. The van der Waals surface area contributed by atoms with Crippen LogP contribution in [0.2, 0.25) is 0 Å². The van der Waals surface area contributed by atoms with Crippen LogP contribution in [-0.2, 0) is 14.8 Å². The third-order valence-corrected chi connectivity index (χ3v) is 1.05. The van der Waals surface area contributed by atoms with Gasteiger partial charge in [0.25, 0.3) is 0 Å².